The SMILES string of the molecule is OC(O)CS(F)(F)(F)(F)F. The summed E-state index contributed by atoms with van der Waals surface area (Å²) in [5.41, 5.74) is 0. The molecule has 0 aliphatic heterocycles. The zero-order valence-corrected chi connectivity index (χ0v) is 5.29. The molecule has 0 bridgehead atoms. The molecule has 0 aromatic heterocycles. The fraction of sp³-hybridized carbons (Fsp3) is 1.00. The molecule has 0 atom stereocenters. The van der Waals surface area contributed by atoms with Gasteiger partial charge in [0, 0.05) is 0 Å². The Morgan fingerprint density at radius 1 is 1.00 bits per heavy atom. The number of aliphatic hydroxyl groups excluding tert-OH is 1. The van der Waals surface area contributed by atoms with Crippen molar-refractivity contribution in [3.05, 3.63) is 0 Å². The highest BCUT2D eigenvalue weighted by atomic mass is 32.5. The monoisotopic (exact) mass is 188 g/mol. The Hall–Kier alpha value is -0.0800. The fourth-order valence-electron chi connectivity index (χ4n) is 0.282. The van der Waals surface area contributed by atoms with Crippen molar-refractivity contribution in [3.63, 3.8) is 0 Å². The summed E-state index contributed by atoms with van der Waals surface area (Å²) >= 11 is 0. The van der Waals surface area contributed by atoms with E-state index in [1.807, 2.05) is 0 Å². The number of hydrogen-bond acceptors (Lipinski definition) is 2. The maximum Gasteiger partial charge on any atom is 0.290 e. The van der Waals surface area contributed by atoms with E-state index in [1.165, 1.54) is 0 Å². The van der Waals surface area contributed by atoms with Gasteiger partial charge in [-0.05, 0) is 0 Å². The van der Waals surface area contributed by atoms with Crippen molar-refractivity contribution in [2.45, 2.75) is 6.29 Å². The minimum absolute atomic E-state index is 2.85. The van der Waals surface area contributed by atoms with Gasteiger partial charge in [0.2, 0.25) is 0 Å². The number of halogens is 5. The van der Waals surface area contributed by atoms with E-state index in [-0.39, 0.29) is 0 Å². The molecule has 0 aliphatic rings. The zero-order chi connectivity index (χ0) is 8.69. The van der Waals surface area contributed by atoms with Crippen LogP contribution in [0.4, 0.5) is 19.4 Å². The molecule has 8 heteroatoms. The van der Waals surface area contributed by atoms with E-state index < -0.39 is 22.3 Å². The fourth-order valence-corrected chi connectivity index (χ4v) is 0.845. The summed E-state index contributed by atoms with van der Waals surface area (Å²) in [6.45, 7) is 0. The molecule has 0 amide bonds. The molecule has 0 heterocycles. The zero-order valence-electron chi connectivity index (χ0n) is 4.48. The summed E-state index contributed by atoms with van der Waals surface area (Å²) in [7, 11) is -9.60. The van der Waals surface area contributed by atoms with Crippen LogP contribution in [-0.2, 0) is 0 Å². The Kier molecular flexibility index (Phi) is 1.55. The summed E-state index contributed by atoms with van der Waals surface area (Å²) in [5.74, 6) is -2.85. The Morgan fingerprint density at radius 3 is 1.30 bits per heavy atom. The van der Waals surface area contributed by atoms with Crippen molar-refractivity contribution in [2.75, 3.05) is 5.75 Å². The van der Waals surface area contributed by atoms with Gasteiger partial charge in [-0.3, -0.25) is 0 Å². The molecular formula is C2H5F5O2S. The summed E-state index contributed by atoms with van der Waals surface area (Å²) < 4.78 is 55.7. The maximum absolute atomic E-state index is 11.1. The second kappa shape index (κ2) is 1.56. The van der Waals surface area contributed by atoms with Crippen molar-refractivity contribution in [3.8, 4) is 0 Å². The van der Waals surface area contributed by atoms with E-state index in [1.54, 1.807) is 0 Å². The highest BCUT2D eigenvalue weighted by molar-refractivity contribution is 8.45. The molecule has 0 rings (SSSR count). The molecule has 0 fully saturated rings. The molecule has 0 aromatic carbocycles. The molecule has 0 saturated heterocycles. The average Bonchev–Trinajstić information content (AvgIpc) is 1.12. The van der Waals surface area contributed by atoms with Gasteiger partial charge in [-0.2, -0.15) is 0 Å². The van der Waals surface area contributed by atoms with E-state index in [0.717, 1.165) is 0 Å². The smallest absolute Gasteiger partial charge is 0.290 e. The van der Waals surface area contributed by atoms with Gasteiger partial charge in [0.1, 0.15) is 5.75 Å². The lowest BCUT2D eigenvalue weighted by Crippen LogP contribution is -2.22. The Balaban J connectivity index is 4.43. The van der Waals surface area contributed by atoms with Crippen molar-refractivity contribution < 1.29 is 29.6 Å². The highest BCUT2D eigenvalue weighted by Crippen LogP contribution is 2.97. The number of rotatable bonds is 2. The van der Waals surface area contributed by atoms with Gasteiger partial charge in [-0.1, -0.05) is 19.4 Å². The van der Waals surface area contributed by atoms with Crippen LogP contribution in [0.2, 0.25) is 0 Å². The molecule has 0 saturated carbocycles. The predicted octanol–water partition coefficient (Wildman–Crippen LogP) is 1.60. The van der Waals surface area contributed by atoms with Crippen LogP contribution in [0.1, 0.15) is 0 Å². The van der Waals surface area contributed by atoms with Crippen LogP contribution in [0.3, 0.4) is 0 Å². The second-order valence-corrected chi connectivity index (χ2v) is 4.37. The third kappa shape index (κ3) is 7.92. The quantitative estimate of drug-likeness (QED) is 0.510. The minimum atomic E-state index is -9.60. The minimum Gasteiger partial charge on any atom is -0.367 e. The van der Waals surface area contributed by atoms with Crippen LogP contribution >= 0.6 is 10.2 Å². The van der Waals surface area contributed by atoms with Crippen LogP contribution in [-0.4, -0.2) is 22.3 Å². The van der Waals surface area contributed by atoms with Gasteiger partial charge in [0.15, 0.2) is 6.29 Å². The molecule has 66 valence electrons. The summed E-state index contributed by atoms with van der Waals surface area (Å²) in [4.78, 5) is 0. The van der Waals surface area contributed by atoms with Gasteiger partial charge in [0.25, 0.3) is 10.2 Å². The van der Waals surface area contributed by atoms with E-state index >= 15 is 0 Å². The number of aliphatic hydroxyl groups is 2. The molecule has 2 nitrogen and oxygen atoms in total. The van der Waals surface area contributed by atoms with Gasteiger partial charge < -0.3 is 10.2 Å². The molecule has 2 N–H and O–H groups in total. The van der Waals surface area contributed by atoms with E-state index in [4.69, 9.17) is 10.2 Å². The largest absolute Gasteiger partial charge is 0.367 e. The first-order valence-corrected chi connectivity index (χ1v) is 4.11. The average molecular weight is 188 g/mol. The normalized spacial score (nSPS) is 20.4. The summed E-state index contributed by atoms with van der Waals surface area (Å²) in [6.07, 6.45) is -3.04. The van der Waals surface area contributed by atoms with E-state index in [9.17, 15) is 19.4 Å². The molecule has 10 heavy (non-hydrogen) atoms. The van der Waals surface area contributed by atoms with E-state index in [2.05, 4.69) is 0 Å². The van der Waals surface area contributed by atoms with Crippen molar-refractivity contribution in [1.82, 2.24) is 0 Å². The van der Waals surface area contributed by atoms with Crippen LogP contribution in [0.15, 0.2) is 0 Å². The van der Waals surface area contributed by atoms with Crippen LogP contribution in [0, 0.1) is 0 Å². The maximum atomic E-state index is 11.1. The lowest BCUT2D eigenvalue weighted by molar-refractivity contribution is -0.0248. The van der Waals surface area contributed by atoms with Gasteiger partial charge in [-0.25, -0.2) is 0 Å². The first-order chi connectivity index (χ1) is 3.89. The van der Waals surface area contributed by atoms with Crippen molar-refractivity contribution in [2.24, 2.45) is 0 Å². The predicted molar refractivity (Wildman–Crippen MR) is 26.2 cm³/mol. The molecular weight excluding hydrogens is 183 g/mol. The molecule has 0 unspecified atom stereocenters. The summed E-state index contributed by atoms with van der Waals surface area (Å²) in [6, 6.07) is 0. The van der Waals surface area contributed by atoms with Gasteiger partial charge in [0.05, 0.1) is 0 Å². The third-order valence-electron chi connectivity index (χ3n) is 0.464. The Morgan fingerprint density at radius 2 is 1.30 bits per heavy atom. The van der Waals surface area contributed by atoms with Crippen molar-refractivity contribution >= 4 is 10.2 Å². The van der Waals surface area contributed by atoms with Gasteiger partial charge in [-0.15, -0.1) is 0 Å². The van der Waals surface area contributed by atoms with Gasteiger partial charge >= 0.3 is 0 Å². The molecule has 0 aromatic rings. The first kappa shape index (κ1) is 9.92. The third-order valence-corrected chi connectivity index (χ3v) is 1.39. The van der Waals surface area contributed by atoms with Crippen LogP contribution in [0.5, 0.6) is 0 Å². The summed E-state index contributed by atoms with van der Waals surface area (Å²) in [5, 5.41) is 15.2. The molecule has 0 radical (unpaired) electrons. The standard InChI is InChI=1S/C2H5F5O2S/c3-10(4,5,6,7)1-2(8)9/h2,8-9H,1H2. The number of hydrogen-bond donors (Lipinski definition) is 2. The van der Waals surface area contributed by atoms with Crippen LogP contribution < -0.4 is 0 Å². The Bertz CT molecular complexity index is 132. The topological polar surface area (TPSA) is 40.5 Å². The molecule has 0 spiro atoms. The lowest BCUT2D eigenvalue weighted by Gasteiger charge is -2.40. The second-order valence-electron chi connectivity index (χ2n) is 1.78. The lowest BCUT2D eigenvalue weighted by atomic mass is 10.8. The van der Waals surface area contributed by atoms with Crippen molar-refractivity contribution in [1.29, 1.82) is 0 Å². The van der Waals surface area contributed by atoms with Crippen LogP contribution in [0.25, 0.3) is 0 Å². The molecule has 0 aliphatic carbocycles. The first-order valence-electron chi connectivity index (χ1n) is 1.98. The van der Waals surface area contributed by atoms with E-state index in [0.29, 0.717) is 0 Å². The Labute approximate surface area is 53.0 Å². The highest BCUT2D eigenvalue weighted by Gasteiger charge is 2.64.